The topological polar surface area (TPSA) is 44.5 Å². The molecule has 2 aliphatic carbocycles. The first-order valence-corrected chi connectivity index (χ1v) is 22.2. The molecule has 0 fully saturated rings. The molecule has 1 heterocycles. The highest BCUT2D eigenvalue weighted by Gasteiger charge is 2.48. The second-order valence-electron chi connectivity index (χ2n) is 16.5. The third-order valence-corrected chi connectivity index (χ3v) is 12.4. The molecule has 3 heteroatoms. The predicted octanol–water partition coefficient (Wildman–Crippen LogP) is 15.5. The van der Waals surface area contributed by atoms with E-state index in [4.69, 9.17) is 15.2 Å². The van der Waals surface area contributed by atoms with Gasteiger partial charge in [0.2, 0.25) is 0 Å². The molecule has 3 aliphatic rings. The van der Waals surface area contributed by atoms with Gasteiger partial charge in [-0.15, -0.1) is 0 Å². The Labute approximate surface area is 376 Å². The SMILES string of the molecule is CC1=CCCC=C1.N/C(=C\C(=C/Cc1ccc2c(c1)Oc1c(ccc3c1-c1ccccc1C3(c1ccccc1)c1ccccc1)O2)c1ccccc1)c1cccc(-c2ccccc2)c1. The van der Waals surface area contributed by atoms with Crippen molar-refractivity contribution in [2.75, 3.05) is 0 Å². The lowest BCUT2D eigenvalue weighted by Crippen LogP contribution is -2.28. The zero-order valence-electron chi connectivity index (χ0n) is 36.0. The molecule has 3 nitrogen and oxygen atoms in total. The molecule has 0 saturated carbocycles. The maximum absolute atomic E-state index is 6.97. The minimum Gasteiger partial charge on any atom is -0.449 e. The van der Waals surface area contributed by atoms with Crippen LogP contribution >= 0.6 is 0 Å². The van der Waals surface area contributed by atoms with Gasteiger partial charge < -0.3 is 15.2 Å². The first-order valence-electron chi connectivity index (χ1n) is 22.2. The van der Waals surface area contributed by atoms with E-state index >= 15 is 0 Å². The van der Waals surface area contributed by atoms with Gasteiger partial charge in [0.15, 0.2) is 23.0 Å². The second-order valence-corrected chi connectivity index (χ2v) is 16.5. The van der Waals surface area contributed by atoms with Crippen molar-refractivity contribution in [2.45, 2.75) is 31.6 Å². The molecule has 0 atom stereocenters. The number of allylic oxidation sites excluding steroid dienone is 7. The van der Waals surface area contributed by atoms with Gasteiger partial charge in [0.25, 0.3) is 0 Å². The van der Waals surface area contributed by atoms with E-state index < -0.39 is 5.41 Å². The molecular formula is C61H49NO2. The highest BCUT2D eigenvalue weighted by Crippen LogP contribution is 2.62. The predicted molar refractivity (Wildman–Crippen MR) is 265 cm³/mol. The van der Waals surface area contributed by atoms with Crippen LogP contribution in [0.2, 0.25) is 0 Å². The van der Waals surface area contributed by atoms with Crippen molar-refractivity contribution in [3.63, 3.8) is 0 Å². The van der Waals surface area contributed by atoms with E-state index in [1.807, 2.05) is 18.2 Å². The molecule has 1 aliphatic heterocycles. The van der Waals surface area contributed by atoms with E-state index in [2.05, 4.69) is 219 Å². The van der Waals surface area contributed by atoms with Crippen LogP contribution in [-0.2, 0) is 11.8 Å². The van der Waals surface area contributed by atoms with Crippen LogP contribution < -0.4 is 15.2 Å². The lowest BCUT2D eigenvalue weighted by atomic mass is 9.68. The summed E-state index contributed by atoms with van der Waals surface area (Å²) >= 11 is 0. The van der Waals surface area contributed by atoms with E-state index in [0.29, 0.717) is 29.4 Å². The summed E-state index contributed by atoms with van der Waals surface area (Å²) < 4.78 is 13.6. The molecular weight excluding hydrogens is 779 g/mol. The first kappa shape index (κ1) is 40.2. The Kier molecular flexibility index (Phi) is 11.2. The number of hydrogen-bond acceptors (Lipinski definition) is 3. The van der Waals surface area contributed by atoms with Crippen LogP contribution in [0.25, 0.3) is 33.5 Å². The van der Waals surface area contributed by atoms with Gasteiger partial charge in [-0.1, -0.05) is 206 Å². The van der Waals surface area contributed by atoms with Crippen molar-refractivity contribution < 1.29 is 9.47 Å². The van der Waals surface area contributed by atoms with Gasteiger partial charge in [0.05, 0.1) is 5.41 Å². The van der Waals surface area contributed by atoms with E-state index in [1.54, 1.807) is 0 Å². The molecule has 8 aromatic rings. The lowest BCUT2D eigenvalue weighted by molar-refractivity contribution is 0.360. The van der Waals surface area contributed by atoms with Gasteiger partial charge in [-0.25, -0.2) is 0 Å². The summed E-state index contributed by atoms with van der Waals surface area (Å²) in [5.74, 6) is 2.85. The Morgan fingerprint density at radius 3 is 1.89 bits per heavy atom. The van der Waals surface area contributed by atoms with Gasteiger partial charge in [0.1, 0.15) is 0 Å². The van der Waals surface area contributed by atoms with Gasteiger partial charge in [0, 0.05) is 11.3 Å². The maximum atomic E-state index is 6.97. The molecule has 0 unspecified atom stereocenters. The van der Waals surface area contributed by atoms with Crippen LogP contribution in [-0.4, -0.2) is 0 Å². The molecule has 0 aromatic heterocycles. The standard InChI is InChI=1S/C54H39NO2.C7H10/c55-48(42-21-15-20-40(35-42)38-16-5-1-6-17-38)36-41(39-18-7-2-8-19-39)30-28-37-29-32-49-51(34-37)57-53-50(56-49)33-31-47-52(53)45-26-13-14-27-46(45)54(47,43-22-9-3-10-23-43)44-24-11-4-12-25-44;1-7-5-3-2-4-6-7/h1-27,29-36H,28,55H2;3,5-6H,2,4H2,1H3/b41-30+,48-36-;. The molecule has 0 bridgehead atoms. The third kappa shape index (κ3) is 7.78. The lowest BCUT2D eigenvalue weighted by Gasteiger charge is -2.34. The molecule has 310 valence electrons. The molecule has 0 amide bonds. The number of benzene rings is 8. The van der Waals surface area contributed by atoms with Gasteiger partial charge in [-0.2, -0.15) is 0 Å². The zero-order valence-corrected chi connectivity index (χ0v) is 36.0. The number of rotatable bonds is 8. The highest BCUT2D eigenvalue weighted by atomic mass is 16.6. The Morgan fingerprint density at radius 2 is 1.20 bits per heavy atom. The van der Waals surface area contributed by atoms with Crippen molar-refractivity contribution in [2.24, 2.45) is 5.73 Å². The fraction of sp³-hybridized carbons (Fsp3) is 0.0820. The quantitative estimate of drug-likeness (QED) is 0.155. The summed E-state index contributed by atoms with van der Waals surface area (Å²) in [5, 5.41) is 0. The number of hydrogen-bond donors (Lipinski definition) is 1. The Hall–Kier alpha value is -7.88. The summed E-state index contributed by atoms with van der Waals surface area (Å²) in [6, 6.07) is 70.1. The zero-order chi connectivity index (χ0) is 43.3. The third-order valence-electron chi connectivity index (χ3n) is 12.4. The fourth-order valence-electron chi connectivity index (χ4n) is 9.36. The van der Waals surface area contributed by atoms with E-state index in [1.165, 1.54) is 40.7 Å². The molecule has 0 spiro atoms. The summed E-state index contributed by atoms with van der Waals surface area (Å²) in [6.45, 7) is 2.13. The molecule has 0 radical (unpaired) electrons. The normalized spacial score (nSPS) is 14.3. The Balaban J connectivity index is 0.000000634. The van der Waals surface area contributed by atoms with Crippen molar-refractivity contribution >= 4 is 11.3 Å². The summed E-state index contributed by atoms with van der Waals surface area (Å²) in [7, 11) is 0. The Bertz CT molecular complexity index is 3030. The van der Waals surface area contributed by atoms with E-state index in [0.717, 1.165) is 50.3 Å². The summed E-state index contributed by atoms with van der Waals surface area (Å²) in [4.78, 5) is 0. The summed E-state index contributed by atoms with van der Waals surface area (Å²) in [5.41, 5.74) is 22.0. The average molecular weight is 828 g/mol. The minimum atomic E-state index is -0.522. The van der Waals surface area contributed by atoms with Crippen molar-refractivity contribution in [1.29, 1.82) is 0 Å². The molecule has 64 heavy (non-hydrogen) atoms. The van der Waals surface area contributed by atoms with Gasteiger partial charge >= 0.3 is 0 Å². The monoisotopic (exact) mass is 827 g/mol. The molecule has 0 saturated heterocycles. The highest BCUT2D eigenvalue weighted by molar-refractivity contribution is 5.92. The van der Waals surface area contributed by atoms with Crippen LogP contribution in [0.5, 0.6) is 23.0 Å². The largest absolute Gasteiger partial charge is 0.449 e. The first-order chi connectivity index (χ1) is 31.6. The van der Waals surface area contributed by atoms with Gasteiger partial charge in [-0.3, -0.25) is 0 Å². The van der Waals surface area contributed by atoms with Gasteiger partial charge in [-0.05, 0) is 118 Å². The molecule has 2 N–H and O–H groups in total. The smallest absolute Gasteiger partial charge is 0.178 e. The van der Waals surface area contributed by atoms with Crippen molar-refractivity contribution in [3.05, 3.63) is 275 Å². The van der Waals surface area contributed by atoms with Crippen LogP contribution in [0.3, 0.4) is 0 Å². The Morgan fingerprint density at radius 1 is 0.562 bits per heavy atom. The van der Waals surface area contributed by atoms with Crippen LogP contribution in [0, 0.1) is 0 Å². The molecule has 8 aromatic carbocycles. The summed E-state index contributed by atoms with van der Waals surface area (Å²) in [6.07, 6.45) is 14.1. The van der Waals surface area contributed by atoms with Crippen LogP contribution in [0.1, 0.15) is 58.7 Å². The second kappa shape index (κ2) is 17.8. The van der Waals surface area contributed by atoms with Crippen molar-refractivity contribution in [1.82, 2.24) is 0 Å². The molecule has 11 rings (SSSR count). The maximum Gasteiger partial charge on any atom is 0.178 e. The fourth-order valence-corrected chi connectivity index (χ4v) is 9.36. The van der Waals surface area contributed by atoms with Crippen molar-refractivity contribution in [3.8, 4) is 45.3 Å². The van der Waals surface area contributed by atoms with Crippen LogP contribution in [0.15, 0.2) is 236 Å². The number of nitrogens with two attached hydrogens (primary N) is 1. The van der Waals surface area contributed by atoms with E-state index in [9.17, 15) is 0 Å². The average Bonchev–Trinajstić information content (AvgIpc) is 3.67. The number of fused-ring (bicyclic) bond motifs is 6. The van der Waals surface area contributed by atoms with Crippen LogP contribution in [0.4, 0.5) is 0 Å². The van der Waals surface area contributed by atoms with E-state index in [-0.39, 0.29) is 0 Å². The minimum absolute atomic E-state index is 0.522. The number of ether oxygens (including phenoxy) is 2.